The average Bonchev–Trinajstić information content (AvgIpc) is 2.83. The minimum absolute atomic E-state index is 0.386. The van der Waals surface area contributed by atoms with Crippen molar-refractivity contribution in [2.45, 2.75) is 25.7 Å². The summed E-state index contributed by atoms with van der Waals surface area (Å²) in [7, 11) is 6.56. The van der Waals surface area contributed by atoms with Gasteiger partial charge in [0, 0.05) is 16.4 Å². The number of rotatable bonds is 5. The van der Waals surface area contributed by atoms with E-state index in [9.17, 15) is 0 Å². The van der Waals surface area contributed by atoms with Crippen LogP contribution in [0.4, 0.5) is 0 Å². The first kappa shape index (κ1) is 18.5. The van der Waals surface area contributed by atoms with Gasteiger partial charge >= 0.3 is 0 Å². The van der Waals surface area contributed by atoms with Gasteiger partial charge in [-0.05, 0) is 41.2 Å². The van der Waals surface area contributed by atoms with Crippen LogP contribution in [0.3, 0.4) is 0 Å². The van der Waals surface area contributed by atoms with E-state index in [1.165, 1.54) is 16.0 Å². The first-order chi connectivity index (χ1) is 12.8. The van der Waals surface area contributed by atoms with E-state index in [1.54, 1.807) is 11.3 Å². The van der Waals surface area contributed by atoms with Gasteiger partial charge in [0.2, 0.25) is 0 Å². The molecule has 1 aromatic carbocycles. The first-order valence-electron chi connectivity index (χ1n) is 9.03. The van der Waals surface area contributed by atoms with Crippen molar-refractivity contribution in [3.05, 3.63) is 96.0 Å². The molecule has 1 aliphatic carbocycles. The van der Waals surface area contributed by atoms with Crippen LogP contribution in [0.25, 0.3) is 16.7 Å². The molecule has 2 heteroatoms. The predicted octanol–water partition coefficient (Wildman–Crippen LogP) is 6.34. The molecule has 0 N–H and O–H groups in total. The molecule has 1 aromatic heterocycles. The van der Waals surface area contributed by atoms with Crippen molar-refractivity contribution in [3.8, 4) is 11.1 Å². The average molecular weight is 354 g/mol. The Bertz CT molecular complexity index is 878. The molecule has 1 heterocycles. The fourth-order valence-electron chi connectivity index (χ4n) is 3.40. The fourth-order valence-corrected chi connectivity index (χ4v) is 4.63. The highest BCUT2D eigenvalue weighted by Crippen LogP contribution is 2.42. The van der Waals surface area contributed by atoms with Crippen LogP contribution in [0, 0.1) is 0 Å². The molecule has 0 saturated carbocycles. The van der Waals surface area contributed by atoms with Crippen molar-refractivity contribution in [2.24, 2.45) is 0 Å². The van der Waals surface area contributed by atoms with Gasteiger partial charge in [-0.3, -0.25) is 0 Å². The van der Waals surface area contributed by atoms with Gasteiger partial charge in [-0.1, -0.05) is 85.5 Å². The Kier molecular flexibility index (Phi) is 6.30. The Balaban J connectivity index is 2.24. The second-order valence-corrected chi connectivity index (χ2v) is 7.38. The summed E-state index contributed by atoms with van der Waals surface area (Å²) in [5.74, 6) is 0.386. The lowest BCUT2D eigenvalue weighted by Crippen LogP contribution is -2.03. The third-order valence-electron chi connectivity index (χ3n) is 4.53. The number of hydrogen-bond acceptors (Lipinski definition) is 1. The van der Waals surface area contributed by atoms with Gasteiger partial charge < -0.3 is 0 Å². The molecular weight excluding hydrogens is 331 g/mol. The number of hydrogen-bond donors (Lipinski definition) is 0. The molecule has 1 atom stereocenters. The topological polar surface area (TPSA) is 0 Å². The molecule has 1 aliphatic rings. The number of thiophene rings is 1. The Morgan fingerprint density at radius 3 is 2.77 bits per heavy atom. The van der Waals surface area contributed by atoms with Crippen LogP contribution in [-0.2, 0) is 0 Å². The summed E-state index contributed by atoms with van der Waals surface area (Å²) >= 11 is 1.72. The highest BCUT2D eigenvalue weighted by Gasteiger charge is 2.23. The highest BCUT2D eigenvalue weighted by atomic mass is 32.1. The smallest absolute Gasteiger partial charge is 0.129 e. The fraction of sp³-hybridized carbons (Fsp3) is 0.167. The summed E-state index contributed by atoms with van der Waals surface area (Å²) in [6.07, 6.45) is 19.1. The van der Waals surface area contributed by atoms with Gasteiger partial charge in [0.25, 0.3) is 0 Å². The number of allylic oxidation sites excluding steroid dienone is 9. The van der Waals surface area contributed by atoms with E-state index in [0.29, 0.717) is 5.92 Å². The van der Waals surface area contributed by atoms with E-state index < -0.39 is 0 Å². The van der Waals surface area contributed by atoms with E-state index in [-0.39, 0.29) is 0 Å². The zero-order chi connectivity index (χ0) is 18.4. The molecule has 2 aromatic rings. The first-order valence-corrected chi connectivity index (χ1v) is 9.84. The minimum atomic E-state index is 0.386. The van der Waals surface area contributed by atoms with Crippen LogP contribution in [0.5, 0.6) is 0 Å². The summed E-state index contributed by atoms with van der Waals surface area (Å²) < 4.78 is 0.871. The van der Waals surface area contributed by atoms with Crippen LogP contribution in [0.2, 0.25) is 0 Å². The molecule has 0 bridgehead atoms. The van der Waals surface area contributed by atoms with Crippen LogP contribution in [0.1, 0.15) is 36.1 Å². The SMILES string of the molecule is [B]c1sc(C2C=CC=CCC2)c(-c2ccccc2)c1C(/C=C\C)=C/C=C. The molecule has 0 amide bonds. The van der Waals surface area contributed by atoms with E-state index >= 15 is 0 Å². The third-order valence-corrected chi connectivity index (χ3v) is 5.68. The van der Waals surface area contributed by atoms with Crippen molar-refractivity contribution in [3.63, 3.8) is 0 Å². The van der Waals surface area contributed by atoms with Crippen molar-refractivity contribution < 1.29 is 0 Å². The summed E-state index contributed by atoms with van der Waals surface area (Å²) in [4.78, 5) is 1.35. The molecule has 26 heavy (non-hydrogen) atoms. The van der Waals surface area contributed by atoms with Gasteiger partial charge in [0.05, 0.1) is 0 Å². The summed E-state index contributed by atoms with van der Waals surface area (Å²) in [5, 5.41) is 0. The summed E-state index contributed by atoms with van der Waals surface area (Å²) in [5.41, 5.74) is 4.71. The molecule has 2 radical (unpaired) electrons. The van der Waals surface area contributed by atoms with Crippen molar-refractivity contribution in [2.75, 3.05) is 0 Å². The lowest BCUT2D eigenvalue weighted by atomic mass is 9.86. The van der Waals surface area contributed by atoms with Crippen molar-refractivity contribution >= 4 is 29.5 Å². The zero-order valence-electron chi connectivity index (χ0n) is 15.2. The monoisotopic (exact) mass is 354 g/mol. The Labute approximate surface area is 162 Å². The molecular formula is C24H23BS. The molecule has 0 spiro atoms. The molecule has 0 aliphatic heterocycles. The van der Waals surface area contributed by atoms with E-state index in [1.807, 2.05) is 19.1 Å². The van der Waals surface area contributed by atoms with Crippen LogP contribution >= 0.6 is 11.3 Å². The maximum absolute atomic E-state index is 6.56. The summed E-state index contributed by atoms with van der Waals surface area (Å²) in [6.45, 7) is 5.91. The maximum atomic E-state index is 6.56. The molecule has 128 valence electrons. The van der Waals surface area contributed by atoms with E-state index in [2.05, 4.69) is 73.4 Å². The van der Waals surface area contributed by atoms with Crippen LogP contribution < -0.4 is 4.78 Å². The second-order valence-electron chi connectivity index (χ2n) is 6.30. The lowest BCUT2D eigenvalue weighted by Gasteiger charge is -2.15. The predicted molar refractivity (Wildman–Crippen MR) is 118 cm³/mol. The molecule has 0 saturated heterocycles. The van der Waals surface area contributed by atoms with Crippen molar-refractivity contribution in [1.29, 1.82) is 0 Å². The second kappa shape index (κ2) is 8.87. The Morgan fingerprint density at radius 2 is 2.04 bits per heavy atom. The molecule has 0 fully saturated rings. The summed E-state index contributed by atoms with van der Waals surface area (Å²) in [6, 6.07) is 10.6. The molecule has 3 rings (SSSR count). The standard InChI is InChI=1S/C24H23BS/c1-3-12-18(13-4-2)22-21(19-14-10-7-11-15-19)23(26-24(22)25)20-16-8-5-6-9-17-20/h3-8,10-16,20H,1,9,17H2,2H3/b13-4-,18-12+. The van der Waals surface area contributed by atoms with Gasteiger partial charge in [0.1, 0.15) is 7.85 Å². The third kappa shape index (κ3) is 3.91. The quantitative estimate of drug-likeness (QED) is 0.434. The molecule has 1 unspecified atom stereocenters. The van der Waals surface area contributed by atoms with Gasteiger partial charge in [-0.15, -0.1) is 0 Å². The Morgan fingerprint density at radius 1 is 1.23 bits per heavy atom. The highest BCUT2D eigenvalue weighted by molar-refractivity contribution is 7.21. The normalized spacial score (nSPS) is 17.6. The van der Waals surface area contributed by atoms with Crippen molar-refractivity contribution in [1.82, 2.24) is 0 Å². The minimum Gasteiger partial charge on any atom is -0.155 e. The largest absolute Gasteiger partial charge is 0.155 e. The zero-order valence-corrected chi connectivity index (χ0v) is 16.0. The van der Waals surface area contributed by atoms with Crippen LogP contribution in [0.15, 0.2) is 85.5 Å². The van der Waals surface area contributed by atoms with Gasteiger partial charge in [-0.25, -0.2) is 0 Å². The van der Waals surface area contributed by atoms with Gasteiger partial charge in [-0.2, -0.15) is 11.3 Å². The van der Waals surface area contributed by atoms with E-state index in [4.69, 9.17) is 7.85 Å². The maximum Gasteiger partial charge on any atom is 0.129 e. The lowest BCUT2D eigenvalue weighted by molar-refractivity contribution is 0.769. The number of benzene rings is 1. The van der Waals surface area contributed by atoms with Gasteiger partial charge in [0.15, 0.2) is 0 Å². The van der Waals surface area contributed by atoms with E-state index in [0.717, 1.165) is 28.8 Å². The van der Waals surface area contributed by atoms with Crippen LogP contribution in [-0.4, -0.2) is 7.85 Å². The Hall–Kier alpha value is -2.32. The molecule has 0 nitrogen and oxygen atoms in total.